The number of aryl methyl sites for hydroxylation is 1. The molecule has 10 aromatic rings. The number of aromatic nitrogens is 3. The summed E-state index contributed by atoms with van der Waals surface area (Å²) in [6.07, 6.45) is 8.48. The number of nitrogens with zero attached hydrogens (tertiary/aromatic N) is 3. The summed E-state index contributed by atoms with van der Waals surface area (Å²) >= 11 is 0. The monoisotopic (exact) mass is 979 g/mol. The molecular weight excluding hydrogens is 907 g/mol. The first-order valence-corrected chi connectivity index (χ1v) is 26.5. The summed E-state index contributed by atoms with van der Waals surface area (Å²) in [5.41, 5.74) is 21.3. The summed E-state index contributed by atoms with van der Waals surface area (Å²) in [5, 5.41) is 0. The van der Waals surface area contributed by atoms with Crippen molar-refractivity contribution in [2.75, 3.05) is 0 Å². The average Bonchev–Trinajstić information content (AvgIpc) is 3.55. The van der Waals surface area contributed by atoms with Gasteiger partial charge in [-0.1, -0.05) is 217 Å². The van der Waals surface area contributed by atoms with Gasteiger partial charge in [-0.2, -0.15) is 0 Å². The third-order valence-electron chi connectivity index (χ3n) is 15.5. The van der Waals surface area contributed by atoms with Crippen molar-refractivity contribution in [3.8, 4) is 78.3 Å². The highest BCUT2D eigenvalue weighted by Gasteiger charge is 2.35. The van der Waals surface area contributed by atoms with Gasteiger partial charge in [0.1, 0.15) is 0 Å². The van der Waals surface area contributed by atoms with Crippen molar-refractivity contribution in [3.05, 3.63) is 258 Å². The Kier molecular flexibility index (Phi) is 12.0. The molecule has 0 amide bonds. The second-order valence-corrected chi connectivity index (χ2v) is 22.5. The zero-order valence-electron chi connectivity index (χ0n) is 49.2. The maximum atomic E-state index is 8.58. The molecular formula is C72H67N3. The molecule has 370 valence electrons. The lowest BCUT2D eigenvalue weighted by atomic mass is 9.66. The van der Waals surface area contributed by atoms with E-state index in [9.17, 15) is 0 Å². The quantitative estimate of drug-likeness (QED) is 0.137. The molecule has 11 rings (SSSR count). The van der Waals surface area contributed by atoms with Crippen LogP contribution >= 0.6 is 0 Å². The van der Waals surface area contributed by atoms with Crippen LogP contribution in [0.3, 0.4) is 0 Å². The molecule has 0 saturated heterocycles. The van der Waals surface area contributed by atoms with Crippen LogP contribution < -0.4 is 0 Å². The lowest BCUT2D eigenvalue weighted by Crippen LogP contribution is -2.21. The lowest BCUT2D eigenvalue weighted by molar-refractivity contribution is 0.353. The summed E-state index contributed by atoms with van der Waals surface area (Å²) in [5.74, 6) is 0.749. The van der Waals surface area contributed by atoms with E-state index in [1.165, 1.54) is 55.6 Å². The van der Waals surface area contributed by atoms with Crippen molar-refractivity contribution in [1.29, 1.82) is 0 Å². The Bertz CT molecular complexity index is 3730. The van der Waals surface area contributed by atoms with Gasteiger partial charge in [-0.3, -0.25) is 15.0 Å². The molecule has 1 aliphatic rings. The third-order valence-corrected chi connectivity index (χ3v) is 15.5. The fraction of sp³-hybridized carbons (Fsp3) is 0.208. The Morgan fingerprint density at radius 1 is 0.373 bits per heavy atom. The first kappa shape index (κ1) is 43.4. The van der Waals surface area contributed by atoms with Crippen LogP contribution in [0.15, 0.2) is 225 Å². The van der Waals surface area contributed by atoms with Crippen LogP contribution in [0.5, 0.6) is 0 Å². The van der Waals surface area contributed by atoms with Gasteiger partial charge in [0.2, 0.25) is 0 Å². The third kappa shape index (κ3) is 10.6. The highest BCUT2D eigenvalue weighted by molar-refractivity contribution is 5.77. The Morgan fingerprint density at radius 2 is 0.720 bits per heavy atom. The molecule has 2 atom stereocenters. The second-order valence-electron chi connectivity index (χ2n) is 22.5. The minimum absolute atomic E-state index is 0.0249. The molecule has 2 unspecified atom stereocenters. The van der Waals surface area contributed by atoms with E-state index in [0.717, 1.165) is 64.2 Å². The van der Waals surface area contributed by atoms with E-state index in [4.69, 9.17) is 21.8 Å². The second kappa shape index (κ2) is 20.7. The molecule has 0 radical (unpaired) electrons. The molecule has 3 nitrogen and oxygen atoms in total. The van der Waals surface area contributed by atoms with E-state index in [-0.39, 0.29) is 58.3 Å². The topological polar surface area (TPSA) is 38.7 Å². The first-order chi connectivity index (χ1) is 38.4. The average molecular weight is 979 g/mol. The SMILES string of the molecule is [2H]c1c([2H])c([2H])c(-c2cnc(-c3ccc(-c4ccccc4C4CC(c5ccccc5-c5ccc(-c6cc(C(C)(C)C)ccn6)cc5)CC(c5ccccc5-c5ccc(-c6cc(C(C)(C)C)ccn6)cc5)C4)cc3)cc2C)c([2H])c1[2H]. The van der Waals surface area contributed by atoms with E-state index >= 15 is 0 Å². The van der Waals surface area contributed by atoms with Gasteiger partial charge in [0, 0.05) is 40.8 Å². The first-order valence-electron chi connectivity index (χ1n) is 29.0. The maximum Gasteiger partial charge on any atom is 0.0705 e. The predicted molar refractivity (Wildman–Crippen MR) is 315 cm³/mol. The fourth-order valence-electron chi connectivity index (χ4n) is 11.4. The molecule has 0 aliphatic heterocycles. The minimum atomic E-state index is -0.408. The molecule has 0 bridgehead atoms. The Hall–Kier alpha value is -8.01. The molecule has 1 saturated carbocycles. The van der Waals surface area contributed by atoms with Crippen LogP contribution in [-0.4, -0.2) is 15.0 Å². The molecule has 3 heteroatoms. The van der Waals surface area contributed by atoms with Crippen LogP contribution in [0.2, 0.25) is 0 Å². The van der Waals surface area contributed by atoms with Gasteiger partial charge >= 0.3 is 0 Å². The number of hydrogen-bond donors (Lipinski definition) is 0. The van der Waals surface area contributed by atoms with E-state index < -0.39 is 6.04 Å². The summed E-state index contributed by atoms with van der Waals surface area (Å²) in [7, 11) is 0. The van der Waals surface area contributed by atoms with Crippen LogP contribution in [0.25, 0.3) is 78.3 Å². The van der Waals surface area contributed by atoms with Gasteiger partial charge in [-0.25, -0.2) is 0 Å². The molecule has 7 aromatic carbocycles. The van der Waals surface area contributed by atoms with E-state index in [1.54, 1.807) is 6.20 Å². The zero-order chi connectivity index (χ0) is 56.0. The summed E-state index contributed by atoms with van der Waals surface area (Å²) in [4.78, 5) is 14.4. The van der Waals surface area contributed by atoms with Crippen LogP contribution in [0.4, 0.5) is 0 Å². The van der Waals surface area contributed by atoms with Gasteiger partial charge < -0.3 is 0 Å². The van der Waals surface area contributed by atoms with Crippen molar-refractivity contribution in [3.63, 3.8) is 0 Å². The van der Waals surface area contributed by atoms with E-state index in [2.05, 4.69) is 211 Å². The number of hydrogen-bond acceptors (Lipinski definition) is 3. The van der Waals surface area contributed by atoms with Gasteiger partial charge in [0.25, 0.3) is 0 Å². The number of benzene rings is 7. The normalized spacial score (nSPS) is 16.8. The Labute approximate surface area is 452 Å². The predicted octanol–water partition coefficient (Wildman–Crippen LogP) is 19.3. The van der Waals surface area contributed by atoms with Gasteiger partial charge in [0.05, 0.1) is 23.9 Å². The Morgan fingerprint density at radius 3 is 1.08 bits per heavy atom. The number of pyridine rings is 3. The molecule has 1 fully saturated rings. The smallest absolute Gasteiger partial charge is 0.0705 e. The Balaban J connectivity index is 0.950. The molecule has 3 aromatic heterocycles. The molecule has 0 spiro atoms. The maximum absolute atomic E-state index is 8.58. The van der Waals surface area contributed by atoms with Gasteiger partial charge in [0.15, 0.2) is 0 Å². The molecule has 3 heterocycles. The minimum Gasteiger partial charge on any atom is -0.256 e. The van der Waals surface area contributed by atoms with E-state index in [0.29, 0.717) is 5.56 Å². The van der Waals surface area contributed by atoms with Crippen molar-refractivity contribution in [2.24, 2.45) is 0 Å². The van der Waals surface area contributed by atoms with Gasteiger partial charge in [-0.05, 0) is 157 Å². The van der Waals surface area contributed by atoms with Gasteiger partial charge in [-0.15, -0.1) is 0 Å². The highest BCUT2D eigenvalue weighted by atomic mass is 14.7. The van der Waals surface area contributed by atoms with Crippen molar-refractivity contribution < 1.29 is 6.85 Å². The zero-order valence-corrected chi connectivity index (χ0v) is 44.2. The standard InChI is InChI=1S/C72H67N3/c1-48-41-68(75-47-67(48)49-17-9-8-10-18-49)53-31-25-50(26-32-53)61-19-11-14-22-64(61)56-42-57(65-23-15-12-20-62(65)51-27-33-54(34-28-51)69-45-59(37-39-73-69)71(2,3)4)44-58(43-56)66-24-16-13-21-63(66)52-29-35-55(36-30-52)70-46-60(38-40-74-70)72(5,6)7/h8-41,45-47,56-58H,42-44H2,1-7H3/i8D,9D,10D,17D,18D. The van der Waals surface area contributed by atoms with Crippen molar-refractivity contribution in [2.45, 2.75) is 96.3 Å². The van der Waals surface area contributed by atoms with Crippen molar-refractivity contribution >= 4 is 0 Å². The fourth-order valence-corrected chi connectivity index (χ4v) is 11.4. The van der Waals surface area contributed by atoms with Crippen molar-refractivity contribution in [1.82, 2.24) is 15.0 Å². The molecule has 1 aliphatic carbocycles. The molecule has 0 N–H and O–H groups in total. The molecule has 75 heavy (non-hydrogen) atoms. The van der Waals surface area contributed by atoms with Crippen LogP contribution in [-0.2, 0) is 10.8 Å². The summed E-state index contributed by atoms with van der Waals surface area (Å²) in [6, 6.07) is 62.7. The highest BCUT2D eigenvalue weighted by Crippen LogP contribution is 2.52. The van der Waals surface area contributed by atoms with Crippen LogP contribution in [0, 0.1) is 6.92 Å². The largest absolute Gasteiger partial charge is 0.256 e. The lowest BCUT2D eigenvalue weighted by Gasteiger charge is -2.38. The van der Waals surface area contributed by atoms with Crippen LogP contribution in [0.1, 0.15) is 119 Å². The van der Waals surface area contributed by atoms with E-state index in [1.807, 2.05) is 25.4 Å². The summed E-state index contributed by atoms with van der Waals surface area (Å²) in [6.45, 7) is 15.4. The summed E-state index contributed by atoms with van der Waals surface area (Å²) < 4.78 is 41.7. The number of rotatable bonds is 10.